The third kappa shape index (κ3) is 3.74. The molecule has 25 heavy (non-hydrogen) atoms. The summed E-state index contributed by atoms with van der Waals surface area (Å²) in [7, 11) is 1.31. The molecule has 0 saturated heterocycles. The summed E-state index contributed by atoms with van der Waals surface area (Å²) in [5, 5.41) is 0. The largest absolute Gasteiger partial charge is 0.467 e. The lowest BCUT2D eigenvalue weighted by Gasteiger charge is -2.34. The van der Waals surface area contributed by atoms with Crippen molar-refractivity contribution < 1.29 is 18.7 Å². The predicted octanol–water partition coefficient (Wildman–Crippen LogP) is 2.36. The fourth-order valence-electron chi connectivity index (χ4n) is 2.88. The van der Waals surface area contributed by atoms with Crippen LogP contribution >= 0.6 is 0 Å². The van der Waals surface area contributed by atoms with Gasteiger partial charge in [-0.15, -0.1) is 0 Å². The van der Waals surface area contributed by atoms with Crippen molar-refractivity contribution in [1.29, 1.82) is 0 Å². The number of hydrogen-bond acceptors (Lipinski definition) is 4. The molecule has 1 amide bonds. The van der Waals surface area contributed by atoms with Gasteiger partial charge in [-0.25, -0.2) is 9.18 Å². The molecule has 0 unspecified atom stereocenters. The van der Waals surface area contributed by atoms with Crippen LogP contribution in [0.25, 0.3) is 6.08 Å². The Morgan fingerprint density at radius 1 is 1.28 bits per heavy atom. The number of methoxy groups -OCH3 is 1. The van der Waals surface area contributed by atoms with Gasteiger partial charge in [-0.05, 0) is 28.8 Å². The van der Waals surface area contributed by atoms with Gasteiger partial charge in [0.1, 0.15) is 11.9 Å². The molecule has 128 valence electrons. The Bertz CT molecular complexity index is 835. The van der Waals surface area contributed by atoms with Crippen LogP contribution in [0.1, 0.15) is 16.7 Å². The average Bonchev–Trinajstić information content (AvgIpc) is 2.64. The maximum Gasteiger partial charge on any atom is 0.328 e. The van der Waals surface area contributed by atoms with Crippen LogP contribution in [0.3, 0.4) is 0 Å². The van der Waals surface area contributed by atoms with Crippen molar-refractivity contribution in [3.8, 4) is 0 Å². The molecule has 1 aliphatic rings. The number of fused-ring (bicyclic) bond motifs is 1. The number of pyridine rings is 1. The number of aromatic nitrogens is 1. The summed E-state index contributed by atoms with van der Waals surface area (Å²) in [5.74, 6) is -1.27. The van der Waals surface area contributed by atoms with Crippen LogP contribution in [0, 0.1) is 5.82 Å². The van der Waals surface area contributed by atoms with Gasteiger partial charge in [0, 0.05) is 25.2 Å². The quantitative estimate of drug-likeness (QED) is 0.636. The number of benzene rings is 1. The molecule has 0 spiro atoms. The molecule has 0 bridgehead atoms. The van der Waals surface area contributed by atoms with Gasteiger partial charge in [0.15, 0.2) is 0 Å². The molecule has 6 heteroatoms. The second-order valence-corrected chi connectivity index (χ2v) is 5.75. The van der Waals surface area contributed by atoms with E-state index in [4.69, 9.17) is 4.74 Å². The lowest BCUT2D eigenvalue weighted by Crippen LogP contribution is -2.48. The number of rotatable bonds is 3. The molecule has 1 aromatic heterocycles. The van der Waals surface area contributed by atoms with Crippen LogP contribution in [0.5, 0.6) is 0 Å². The van der Waals surface area contributed by atoms with Crippen molar-refractivity contribution in [2.24, 2.45) is 0 Å². The van der Waals surface area contributed by atoms with Gasteiger partial charge in [0.25, 0.3) is 0 Å². The van der Waals surface area contributed by atoms with Crippen LogP contribution in [0.4, 0.5) is 4.39 Å². The smallest absolute Gasteiger partial charge is 0.328 e. The fraction of sp³-hybridized carbons (Fsp3) is 0.211. The van der Waals surface area contributed by atoms with Gasteiger partial charge < -0.3 is 9.64 Å². The van der Waals surface area contributed by atoms with E-state index >= 15 is 0 Å². The summed E-state index contributed by atoms with van der Waals surface area (Å²) >= 11 is 0. The highest BCUT2D eigenvalue weighted by atomic mass is 19.1. The molecular weight excluding hydrogens is 323 g/mol. The molecule has 0 fully saturated rings. The standard InChI is InChI=1S/C19H17FN2O3/c1-25-19(24)17-9-14-4-2-3-5-15(14)12-22(17)18(23)7-6-13-8-16(20)11-21-10-13/h2-8,10-11,17H,9,12H2,1H3/b7-6+/t17-/m0/s1. The highest BCUT2D eigenvalue weighted by Crippen LogP contribution is 2.24. The molecule has 1 aliphatic heterocycles. The van der Waals surface area contributed by atoms with Crippen LogP contribution in [-0.2, 0) is 27.3 Å². The lowest BCUT2D eigenvalue weighted by molar-refractivity contribution is -0.152. The normalized spacial score (nSPS) is 16.6. The average molecular weight is 340 g/mol. The molecule has 0 saturated carbocycles. The minimum atomic E-state index is -0.678. The summed E-state index contributed by atoms with van der Waals surface area (Å²) in [4.78, 5) is 29.9. The van der Waals surface area contributed by atoms with Crippen LogP contribution in [-0.4, -0.2) is 34.9 Å². The molecule has 2 aromatic rings. The van der Waals surface area contributed by atoms with Crippen molar-refractivity contribution in [2.45, 2.75) is 19.0 Å². The van der Waals surface area contributed by atoms with E-state index in [1.807, 2.05) is 24.3 Å². The molecular formula is C19H17FN2O3. The van der Waals surface area contributed by atoms with E-state index in [0.717, 1.165) is 17.3 Å². The Morgan fingerprint density at radius 2 is 2.04 bits per heavy atom. The van der Waals surface area contributed by atoms with Crippen LogP contribution in [0.2, 0.25) is 0 Å². The second-order valence-electron chi connectivity index (χ2n) is 5.75. The number of carbonyl (C=O) groups is 2. The number of ether oxygens (including phenoxy) is 1. The summed E-state index contributed by atoms with van der Waals surface area (Å²) < 4.78 is 18.0. The Kier molecular flexibility index (Phi) is 4.88. The second kappa shape index (κ2) is 7.25. The summed E-state index contributed by atoms with van der Waals surface area (Å²) in [6.45, 7) is 0.320. The van der Waals surface area contributed by atoms with E-state index in [1.54, 1.807) is 0 Å². The third-order valence-corrected chi connectivity index (χ3v) is 4.15. The van der Waals surface area contributed by atoms with Gasteiger partial charge >= 0.3 is 5.97 Å². The van der Waals surface area contributed by atoms with Gasteiger partial charge in [0.2, 0.25) is 5.91 Å². The Hall–Kier alpha value is -3.02. The van der Waals surface area contributed by atoms with Crippen molar-refractivity contribution in [1.82, 2.24) is 9.88 Å². The SMILES string of the molecule is COC(=O)[C@@H]1Cc2ccccc2CN1C(=O)/C=C/c1cncc(F)c1. The summed E-state index contributed by atoms with van der Waals surface area (Å²) in [5.41, 5.74) is 2.50. The molecule has 1 aromatic carbocycles. The zero-order chi connectivity index (χ0) is 17.8. The first-order valence-corrected chi connectivity index (χ1v) is 7.82. The van der Waals surface area contributed by atoms with Crippen LogP contribution < -0.4 is 0 Å². The summed E-state index contributed by atoms with van der Waals surface area (Å²) in [6.07, 6.45) is 5.75. The first-order chi connectivity index (χ1) is 12.1. The fourth-order valence-corrected chi connectivity index (χ4v) is 2.88. The highest BCUT2D eigenvalue weighted by Gasteiger charge is 2.34. The number of nitrogens with zero attached hydrogens (tertiary/aromatic N) is 2. The van der Waals surface area contributed by atoms with E-state index in [1.165, 1.54) is 36.4 Å². The van der Waals surface area contributed by atoms with Gasteiger partial charge in [0.05, 0.1) is 13.3 Å². The monoisotopic (exact) mass is 340 g/mol. The molecule has 0 N–H and O–H groups in total. The van der Waals surface area contributed by atoms with E-state index in [0.29, 0.717) is 18.5 Å². The molecule has 3 rings (SSSR count). The zero-order valence-electron chi connectivity index (χ0n) is 13.7. The first-order valence-electron chi connectivity index (χ1n) is 7.82. The molecule has 0 aliphatic carbocycles. The van der Waals surface area contributed by atoms with Gasteiger partial charge in [-0.2, -0.15) is 0 Å². The molecule has 5 nitrogen and oxygen atoms in total. The highest BCUT2D eigenvalue weighted by molar-refractivity contribution is 5.95. The van der Waals surface area contributed by atoms with E-state index < -0.39 is 17.8 Å². The number of carbonyl (C=O) groups excluding carboxylic acids is 2. The Balaban J connectivity index is 1.84. The Labute approximate surface area is 144 Å². The van der Waals surface area contributed by atoms with Gasteiger partial charge in [-0.1, -0.05) is 24.3 Å². The van der Waals surface area contributed by atoms with Crippen LogP contribution in [0.15, 0.2) is 48.8 Å². The van der Waals surface area contributed by atoms with E-state index in [-0.39, 0.29) is 5.91 Å². The zero-order valence-corrected chi connectivity index (χ0v) is 13.7. The minimum absolute atomic E-state index is 0.320. The van der Waals surface area contributed by atoms with Gasteiger partial charge in [-0.3, -0.25) is 9.78 Å². The number of esters is 1. The lowest BCUT2D eigenvalue weighted by atomic mass is 9.94. The van der Waals surface area contributed by atoms with E-state index in [9.17, 15) is 14.0 Å². The number of amides is 1. The number of hydrogen-bond donors (Lipinski definition) is 0. The topological polar surface area (TPSA) is 59.5 Å². The summed E-state index contributed by atoms with van der Waals surface area (Å²) in [6, 6.07) is 8.28. The third-order valence-electron chi connectivity index (χ3n) is 4.15. The number of halogens is 1. The van der Waals surface area contributed by atoms with Crippen molar-refractivity contribution in [3.63, 3.8) is 0 Å². The Morgan fingerprint density at radius 3 is 2.76 bits per heavy atom. The molecule has 2 heterocycles. The van der Waals surface area contributed by atoms with E-state index in [2.05, 4.69) is 4.98 Å². The van der Waals surface area contributed by atoms with Crippen molar-refractivity contribution in [3.05, 3.63) is 71.3 Å². The molecule has 0 radical (unpaired) electrons. The maximum absolute atomic E-state index is 13.2. The first kappa shape index (κ1) is 16.8. The molecule has 1 atom stereocenters. The maximum atomic E-state index is 13.2. The van der Waals surface area contributed by atoms with Crippen molar-refractivity contribution in [2.75, 3.05) is 7.11 Å². The minimum Gasteiger partial charge on any atom is -0.467 e. The predicted molar refractivity (Wildman–Crippen MR) is 89.7 cm³/mol. The van der Waals surface area contributed by atoms with Crippen molar-refractivity contribution >= 4 is 18.0 Å².